The molecule has 4 unspecified atom stereocenters. The van der Waals surface area contributed by atoms with Crippen molar-refractivity contribution in [1.29, 1.82) is 0 Å². The highest BCUT2D eigenvalue weighted by atomic mass is 19.4. The number of aryl methyl sites for hydroxylation is 1. The highest BCUT2D eigenvalue weighted by Crippen LogP contribution is 2.67. The van der Waals surface area contributed by atoms with Gasteiger partial charge in [0, 0.05) is 29.2 Å². The molecule has 4 atom stereocenters. The van der Waals surface area contributed by atoms with Gasteiger partial charge >= 0.3 is 6.18 Å². The maximum absolute atomic E-state index is 14.4. The Kier molecular flexibility index (Phi) is 5.25. The lowest BCUT2D eigenvalue weighted by molar-refractivity contribution is -0.775. The smallest absolute Gasteiger partial charge is 0.193 e. The van der Waals surface area contributed by atoms with Crippen LogP contribution in [0.2, 0.25) is 0 Å². The molecule has 206 valence electrons. The van der Waals surface area contributed by atoms with E-state index in [1.807, 2.05) is 55.6 Å². The van der Waals surface area contributed by atoms with Gasteiger partial charge in [0.05, 0.1) is 16.7 Å². The quantitative estimate of drug-likeness (QED) is 0.152. The van der Waals surface area contributed by atoms with Crippen LogP contribution in [0.5, 0.6) is 0 Å². The largest absolute Gasteiger partial charge is 0.417 e. The molecule has 2 aliphatic heterocycles. The Bertz CT molecular complexity index is 1910. The number of halogens is 3. The molecule has 0 bridgehead atoms. The first kappa shape index (κ1) is 25.2. The van der Waals surface area contributed by atoms with Crippen LogP contribution in [-0.4, -0.2) is 0 Å². The molecule has 8 rings (SSSR count). The van der Waals surface area contributed by atoms with Crippen LogP contribution in [0.1, 0.15) is 46.7 Å². The Morgan fingerprint density at radius 3 is 2.33 bits per heavy atom. The number of hydrogen-bond acceptors (Lipinski definition) is 0. The van der Waals surface area contributed by atoms with Crippen LogP contribution in [0.25, 0.3) is 33.6 Å². The predicted octanol–water partition coefficient (Wildman–Crippen LogP) is 8.31. The number of benzene rings is 3. The molecule has 0 radical (unpaired) electrons. The summed E-state index contributed by atoms with van der Waals surface area (Å²) in [7, 11) is 0. The molecule has 0 amide bonds. The van der Waals surface area contributed by atoms with Gasteiger partial charge in [0.25, 0.3) is 0 Å². The lowest BCUT2D eigenvalue weighted by Gasteiger charge is -2.56. The van der Waals surface area contributed by atoms with Gasteiger partial charge in [-0.1, -0.05) is 67.2 Å². The van der Waals surface area contributed by atoms with E-state index in [9.17, 15) is 13.2 Å². The van der Waals surface area contributed by atoms with Gasteiger partial charge in [0.2, 0.25) is 11.4 Å². The maximum atomic E-state index is 14.4. The molecule has 1 aliphatic carbocycles. The molecule has 1 fully saturated rings. The average molecular weight is 559 g/mol. The Morgan fingerprint density at radius 2 is 1.55 bits per heavy atom. The van der Waals surface area contributed by atoms with Gasteiger partial charge in [-0.15, -0.1) is 0 Å². The molecule has 4 heterocycles. The second-order valence-electron chi connectivity index (χ2n) is 11.9. The Hall–Kier alpha value is -4.51. The van der Waals surface area contributed by atoms with Gasteiger partial charge in [-0.05, 0) is 60.4 Å². The Balaban J connectivity index is 1.39. The molecule has 0 N–H and O–H groups in total. The van der Waals surface area contributed by atoms with Crippen LogP contribution in [0.15, 0.2) is 122 Å². The minimum absolute atomic E-state index is 0.0587. The number of hydrogen-bond donors (Lipinski definition) is 0. The molecule has 3 aromatic carbocycles. The molecule has 5 aromatic rings. The normalized spacial score (nSPS) is 23.1. The first-order valence-electron chi connectivity index (χ1n) is 14.4. The molecule has 0 saturated heterocycles. The molecular formula is C37H29F3N2+2. The van der Waals surface area contributed by atoms with E-state index in [4.69, 9.17) is 0 Å². The molecular weight excluding hydrogens is 529 g/mol. The van der Waals surface area contributed by atoms with Crippen LogP contribution < -0.4 is 9.13 Å². The van der Waals surface area contributed by atoms with Crippen molar-refractivity contribution in [3.8, 4) is 33.6 Å². The van der Waals surface area contributed by atoms with Crippen molar-refractivity contribution in [3.05, 3.63) is 144 Å². The lowest BCUT2D eigenvalue weighted by Crippen LogP contribution is -2.71. The fourth-order valence-electron chi connectivity index (χ4n) is 8.18. The van der Waals surface area contributed by atoms with Crippen molar-refractivity contribution in [2.24, 2.45) is 0 Å². The topological polar surface area (TPSA) is 7.76 Å². The van der Waals surface area contributed by atoms with Crippen molar-refractivity contribution in [1.82, 2.24) is 0 Å². The molecule has 3 aliphatic rings. The molecule has 1 saturated carbocycles. The van der Waals surface area contributed by atoms with E-state index in [-0.39, 0.29) is 18.0 Å². The second-order valence-corrected chi connectivity index (χ2v) is 11.9. The molecule has 1 spiro atoms. The zero-order valence-electron chi connectivity index (χ0n) is 23.1. The lowest BCUT2D eigenvalue weighted by atomic mass is 9.47. The fraction of sp³-hybridized carbons (Fsp3) is 0.189. The zero-order valence-corrected chi connectivity index (χ0v) is 23.1. The van der Waals surface area contributed by atoms with E-state index in [0.29, 0.717) is 11.3 Å². The number of pyridine rings is 2. The summed E-state index contributed by atoms with van der Waals surface area (Å²) >= 11 is 0. The number of nitrogens with zero attached hydrogens (tertiary/aromatic N) is 2. The van der Waals surface area contributed by atoms with Crippen molar-refractivity contribution >= 4 is 0 Å². The molecule has 5 heteroatoms. The Morgan fingerprint density at radius 1 is 0.786 bits per heavy atom. The highest BCUT2D eigenvalue weighted by Gasteiger charge is 2.72. The summed E-state index contributed by atoms with van der Waals surface area (Å²) in [5, 5.41) is 0. The van der Waals surface area contributed by atoms with Gasteiger partial charge < -0.3 is 0 Å². The summed E-state index contributed by atoms with van der Waals surface area (Å²) in [5.41, 5.74) is 7.57. The van der Waals surface area contributed by atoms with Gasteiger partial charge in [-0.25, -0.2) is 0 Å². The second kappa shape index (κ2) is 8.75. The van der Waals surface area contributed by atoms with Crippen LogP contribution in [0.4, 0.5) is 13.2 Å². The van der Waals surface area contributed by atoms with Gasteiger partial charge in [0.15, 0.2) is 24.5 Å². The monoisotopic (exact) mass is 558 g/mol. The molecule has 2 aromatic heterocycles. The number of fused-ring (bicyclic) bond motifs is 11. The third kappa shape index (κ3) is 3.28. The van der Waals surface area contributed by atoms with Crippen LogP contribution in [-0.2, 0) is 11.6 Å². The van der Waals surface area contributed by atoms with E-state index in [1.54, 1.807) is 6.07 Å². The standard InChI is InChI=1S/C37H29F3N2/c1-3-33-36(29-14-8-7-12-27(29)31-19-17-25(22-41(31)33)24-10-5-4-6-11-24)20-28-26-13-9-15-30(37(38,39)40)34(26)32-18-16-23(2)21-42(32)35(28)36/h3-19,21-22,28,33,35H,1,20H2,2H3/q+2. The molecule has 2 nitrogen and oxygen atoms in total. The van der Waals surface area contributed by atoms with Gasteiger partial charge in [0.1, 0.15) is 5.41 Å². The van der Waals surface area contributed by atoms with Crippen molar-refractivity contribution in [3.63, 3.8) is 0 Å². The van der Waals surface area contributed by atoms with E-state index in [1.165, 1.54) is 17.2 Å². The van der Waals surface area contributed by atoms with Crippen molar-refractivity contribution < 1.29 is 22.3 Å². The summed E-state index contributed by atoms with van der Waals surface area (Å²) in [6, 6.07) is 31.6. The number of allylic oxidation sites excluding steroid dienone is 1. The van der Waals surface area contributed by atoms with Gasteiger partial charge in [-0.3, -0.25) is 0 Å². The van der Waals surface area contributed by atoms with Crippen LogP contribution in [0.3, 0.4) is 0 Å². The van der Waals surface area contributed by atoms with Crippen molar-refractivity contribution in [2.45, 2.75) is 42.9 Å². The zero-order chi connectivity index (χ0) is 28.8. The molecule has 42 heavy (non-hydrogen) atoms. The summed E-state index contributed by atoms with van der Waals surface area (Å²) in [6.07, 6.45) is 2.60. The first-order chi connectivity index (χ1) is 20.3. The van der Waals surface area contributed by atoms with Crippen LogP contribution >= 0.6 is 0 Å². The average Bonchev–Trinajstić information content (AvgIpc) is 2.99. The summed E-state index contributed by atoms with van der Waals surface area (Å²) in [5.74, 6) is -0.0587. The van der Waals surface area contributed by atoms with Crippen LogP contribution in [0, 0.1) is 6.92 Å². The summed E-state index contributed by atoms with van der Waals surface area (Å²) in [4.78, 5) is 0. The number of rotatable bonds is 2. The SMILES string of the molecule is C=CC1[n+]2cc(-c3ccccc3)ccc2-c2ccccc2C12CC1c3cccc(C(F)(F)F)c3-c3ccc(C)c[n+]3C12. The minimum Gasteiger partial charge on any atom is -0.193 e. The van der Waals surface area contributed by atoms with E-state index in [2.05, 4.69) is 70.4 Å². The first-order valence-corrected chi connectivity index (χ1v) is 14.4. The minimum atomic E-state index is -4.44. The van der Waals surface area contributed by atoms with Crippen molar-refractivity contribution in [2.75, 3.05) is 0 Å². The predicted molar refractivity (Wildman–Crippen MR) is 157 cm³/mol. The summed E-state index contributed by atoms with van der Waals surface area (Å²) < 4.78 is 47.6. The third-order valence-electron chi connectivity index (χ3n) is 9.79. The van der Waals surface area contributed by atoms with E-state index >= 15 is 0 Å². The van der Waals surface area contributed by atoms with Gasteiger partial charge in [-0.2, -0.15) is 22.3 Å². The number of alkyl halides is 3. The van der Waals surface area contributed by atoms with E-state index < -0.39 is 17.2 Å². The highest BCUT2D eigenvalue weighted by molar-refractivity contribution is 5.73. The maximum Gasteiger partial charge on any atom is 0.417 e. The van der Waals surface area contributed by atoms with E-state index in [0.717, 1.165) is 34.4 Å². The number of aromatic nitrogens is 2. The fourth-order valence-corrected chi connectivity index (χ4v) is 8.18. The summed E-state index contributed by atoms with van der Waals surface area (Å²) in [6.45, 7) is 6.37. The third-order valence-corrected chi connectivity index (χ3v) is 9.79. The Labute approximate surface area is 243 Å².